The van der Waals surface area contributed by atoms with Gasteiger partial charge in [0.25, 0.3) is 0 Å². The molecular weight excluding hydrogens is 158 g/mol. The normalized spacial score (nSPS) is 18.5. The van der Waals surface area contributed by atoms with Crippen LogP contribution < -0.4 is 5.73 Å². The van der Waals surface area contributed by atoms with Gasteiger partial charge in [0.1, 0.15) is 0 Å². The van der Waals surface area contributed by atoms with Gasteiger partial charge >= 0.3 is 0 Å². The maximum atomic E-state index is 6.03. The second kappa shape index (κ2) is 4.00. The lowest BCUT2D eigenvalue weighted by Crippen LogP contribution is -2.38. The van der Waals surface area contributed by atoms with Crippen LogP contribution in [-0.4, -0.2) is 6.04 Å². The fraction of sp³-hybridized carbons (Fsp3) is 1.00. The van der Waals surface area contributed by atoms with Crippen LogP contribution in [-0.2, 0) is 0 Å². The van der Waals surface area contributed by atoms with E-state index >= 15 is 0 Å². The van der Waals surface area contributed by atoms with Crippen molar-refractivity contribution in [2.75, 3.05) is 0 Å². The molecule has 0 radical (unpaired) electrons. The molecule has 0 amide bonds. The molecule has 0 fully saturated rings. The van der Waals surface area contributed by atoms with E-state index in [-0.39, 0.29) is 0 Å². The first-order valence-electron chi connectivity index (χ1n) is 5.29. The van der Waals surface area contributed by atoms with Crippen molar-refractivity contribution in [1.82, 2.24) is 0 Å². The van der Waals surface area contributed by atoms with E-state index in [2.05, 4.69) is 48.5 Å². The average molecular weight is 185 g/mol. The third kappa shape index (κ3) is 5.30. The minimum absolute atomic E-state index is 0.291. The predicted molar refractivity (Wildman–Crippen MR) is 60.7 cm³/mol. The summed E-state index contributed by atoms with van der Waals surface area (Å²) in [6.45, 7) is 15.8. The summed E-state index contributed by atoms with van der Waals surface area (Å²) >= 11 is 0. The first kappa shape index (κ1) is 13.0. The molecule has 0 rings (SSSR count). The molecule has 2 atom stereocenters. The Labute approximate surface area is 84.1 Å². The second-order valence-corrected chi connectivity index (χ2v) is 6.60. The zero-order valence-corrected chi connectivity index (χ0v) is 10.4. The Hall–Kier alpha value is -0.0400. The Kier molecular flexibility index (Phi) is 3.98. The highest BCUT2D eigenvalue weighted by Gasteiger charge is 2.31. The van der Waals surface area contributed by atoms with Crippen LogP contribution in [0.15, 0.2) is 0 Å². The van der Waals surface area contributed by atoms with E-state index < -0.39 is 0 Å². The number of hydrogen-bond acceptors (Lipinski definition) is 1. The first-order valence-corrected chi connectivity index (χ1v) is 5.29. The summed E-state index contributed by atoms with van der Waals surface area (Å²) in [4.78, 5) is 0. The van der Waals surface area contributed by atoms with Crippen LogP contribution in [0.4, 0.5) is 0 Å². The van der Waals surface area contributed by atoms with Crippen molar-refractivity contribution in [3.63, 3.8) is 0 Å². The van der Waals surface area contributed by atoms with Crippen LogP contribution in [0.3, 0.4) is 0 Å². The van der Waals surface area contributed by atoms with E-state index in [9.17, 15) is 0 Å². The van der Waals surface area contributed by atoms with Gasteiger partial charge in [-0.2, -0.15) is 0 Å². The monoisotopic (exact) mass is 185 g/mol. The maximum absolute atomic E-state index is 6.03. The van der Waals surface area contributed by atoms with Crippen LogP contribution in [0, 0.1) is 16.7 Å². The minimum Gasteiger partial charge on any atom is -0.328 e. The summed E-state index contributed by atoms with van der Waals surface area (Å²) in [5.74, 6) is 0.604. The number of nitrogens with two attached hydrogens (primary N) is 1. The highest BCUT2D eigenvalue weighted by atomic mass is 14.6. The average Bonchev–Trinajstić information content (AvgIpc) is 1.77. The van der Waals surface area contributed by atoms with Crippen molar-refractivity contribution < 1.29 is 0 Å². The first-order chi connectivity index (χ1) is 5.54. The van der Waals surface area contributed by atoms with Gasteiger partial charge in [0.15, 0.2) is 0 Å². The smallest absolute Gasteiger partial charge is 0.00439 e. The lowest BCUT2D eigenvalue weighted by Gasteiger charge is -2.38. The Morgan fingerprint density at radius 2 is 1.38 bits per heavy atom. The quantitative estimate of drug-likeness (QED) is 0.701. The van der Waals surface area contributed by atoms with Gasteiger partial charge in [0.2, 0.25) is 0 Å². The molecule has 0 heterocycles. The summed E-state index contributed by atoms with van der Waals surface area (Å²) in [6, 6.07) is 0.291. The van der Waals surface area contributed by atoms with Crippen molar-refractivity contribution in [2.24, 2.45) is 22.5 Å². The van der Waals surface area contributed by atoms with Gasteiger partial charge in [-0.25, -0.2) is 0 Å². The second-order valence-electron chi connectivity index (χ2n) is 6.60. The van der Waals surface area contributed by atoms with Crippen molar-refractivity contribution in [3.8, 4) is 0 Å². The molecule has 80 valence electrons. The Morgan fingerprint density at radius 1 is 1.00 bits per heavy atom. The molecule has 2 N–H and O–H groups in total. The standard InChI is InChI=1S/C12H27N/c1-9(13)10(12(5,6)7)8-11(2,3)4/h9-10H,8,13H2,1-7H3. The highest BCUT2D eigenvalue weighted by molar-refractivity contribution is 4.83. The molecule has 1 heteroatoms. The number of hydrogen-bond donors (Lipinski definition) is 1. The fourth-order valence-corrected chi connectivity index (χ4v) is 1.94. The van der Waals surface area contributed by atoms with Crippen molar-refractivity contribution in [1.29, 1.82) is 0 Å². The van der Waals surface area contributed by atoms with Crippen molar-refractivity contribution in [3.05, 3.63) is 0 Å². The van der Waals surface area contributed by atoms with E-state index in [4.69, 9.17) is 5.73 Å². The SMILES string of the molecule is CC(N)C(CC(C)(C)C)C(C)(C)C. The number of rotatable bonds is 2. The molecular formula is C12H27N. The summed E-state index contributed by atoms with van der Waals surface area (Å²) in [6.07, 6.45) is 1.20. The summed E-state index contributed by atoms with van der Waals surface area (Å²) in [7, 11) is 0. The highest BCUT2D eigenvalue weighted by Crippen LogP contribution is 2.37. The molecule has 0 aliphatic carbocycles. The molecule has 0 aromatic heterocycles. The van der Waals surface area contributed by atoms with Crippen LogP contribution in [0.2, 0.25) is 0 Å². The van der Waals surface area contributed by atoms with Gasteiger partial charge in [-0.15, -0.1) is 0 Å². The summed E-state index contributed by atoms with van der Waals surface area (Å²) in [5, 5.41) is 0. The zero-order valence-electron chi connectivity index (χ0n) is 10.4. The lowest BCUT2D eigenvalue weighted by atomic mass is 9.69. The predicted octanol–water partition coefficient (Wildman–Crippen LogP) is 3.43. The Morgan fingerprint density at radius 3 is 1.46 bits per heavy atom. The fourth-order valence-electron chi connectivity index (χ4n) is 1.94. The Balaban J connectivity index is 4.47. The van der Waals surface area contributed by atoms with Crippen LogP contribution in [0.5, 0.6) is 0 Å². The van der Waals surface area contributed by atoms with E-state index in [1.165, 1.54) is 6.42 Å². The van der Waals surface area contributed by atoms with E-state index in [0.29, 0.717) is 22.8 Å². The summed E-state index contributed by atoms with van der Waals surface area (Å²) in [5.41, 5.74) is 6.73. The van der Waals surface area contributed by atoms with Crippen molar-refractivity contribution >= 4 is 0 Å². The molecule has 2 unspecified atom stereocenters. The molecule has 0 aliphatic heterocycles. The van der Waals surface area contributed by atoms with E-state index in [1.54, 1.807) is 0 Å². The largest absolute Gasteiger partial charge is 0.328 e. The zero-order chi connectivity index (χ0) is 10.9. The van der Waals surface area contributed by atoms with Gasteiger partial charge in [-0.3, -0.25) is 0 Å². The maximum Gasteiger partial charge on any atom is 0.00439 e. The molecule has 0 saturated heterocycles. The van der Waals surface area contributed by atoms with Crippen LogP contribution in [0.25, 0.3) is 0 Å². The molecule has 0 aromatic rings. The Bertz CT molecular complexity index is 145. The van der Waals surface area contributed by atoms with Crippen LogP contribution >= 0.6 is 0 Å². The molecule has 0 saturated carbocycles. The molecule has 0 bridgehead atoms. The summed E-state index contributed by atoms with van der Waals surface area (Å²) < 4.78 is 0. The van der Waals surface area contributed by atoms with Gasteiger partial charge in [-0.1, -0.05) is 41.5 Å². The molecule has 1 nitrogen and oxygen atoms in total. The van der Waals surface area contributed by atoms with E-state index in [1.807, 2.05) is 0 Å². The van der Waals surface area contributed by atoms with Crippen molar-refractivity contribution in [2.45, 2.75) is 60.9 Å². The minimum atomic E-state index is 0.291. The molecule has 13 heavy (non-hydrogen) atoms. The van der Waals surface area contributed by atoms with Gasteiger partial charge in [0.05, 0.1) is 0 Å². The topological polar surface area (TPSA) is 26.0 Å². The van der Waals surface area contributed by atoms with E-state index in [0.717, 1.165) is 0 Å². The van der Waals surface area contributed by atoms with Gasteiger partial charge in [0, 0.05) is 6.04 Å². The third-order valence-electron chi connectivity index (χ3n) is 2.58. The van der Waals surface area contributed by atoms with Crippen LogP contribution in [0.1, 0.15) is 54.9 Å². The third-order valence-corrected chi connectivity index (χ3v) is 2.58. The molecule has 0 spiro atoms. The van der Waals surface area contributed by atoms with Gasteiger partial charge in [-0.05, 0) is 30.1 Å². The molecule has 0 aliphatic rings. The molecule has 0 aromatic carbocycles. The lowest BCUT2D eigenvalue weighted by molar-refractivity contribution is 0.143. The van der Waals surface area contributed by atoms with Gasteiger partial charge < -0.3 is 5.73 Å².